The van der Waals surface area contributed by atoms with E-state index in [0.29, 0.717) is 18.5 Å². The number of hydrogen-bond donors (Lipinski definition) is 1. The van der Waals surface area contributed by atoms with Crippen molar-refractivity contribution >= 4 is 91.2 Å². The highest BCUT2D eigenvalue weighted by Gasteiger charge is 2.85. The number of halogens is 4. The average Bonchev–Trinajstić information content (AvgIpc) is 3.40. The van der Waals surface area contributed by atoms with Crippen LogP contribution in [0.5, 0.6) is 5.75 Å². The summed E-state index contributed by atoms with van der Waals surface area (Å²) in [6, 6.07) is 5.01. The topological polar surface area (TPSA) is 78.9 Å². The van der Waals surface area contributed by atoms with Crippen LogP contribution in [0.15, 0.2) is 24.3 Å². The number of amides is 3. The molecule has 3 amide bonds. The van der Waals surface area contributed by atoms with Crippen molar-refractivity contribution in [3.8, 4) is 5.75 Å². The minimum absolute atomic E-state index is 0.0570. The van der Waals surface area contributed by atoms with E-state index in [1.54, 1.807) is 11.0 Å². The predicted molar refractivity (Wildman–Crippen MR) is 148 cm³/mol. The van der Waals surface area contributed by atoms with E-state index in [1.165, 1.54) is 25.3 Å². The quantitative estimate of drug-likeness (QED) is 0.403. The van der Waals surface area contributed by atoms with Crippen LogP contribution in [0.1, 0.15) is 25.8 Å². The highest BCUT2D eigenvalue weighted by molar-refractivity contribution is 6.56. The van der Waals surface area contributed by atoms with Gasteiger partial charge < -0.3 is 10.1 Å². The summed E-state index contributed by atoms with van der Waals surface area (Å²) in [7, 11) is 15.5. The minimum atomic E-state index is -2.24. The van der Waals surface area contributed by atoms with Crippen molar-refractivity contribution in [3.05, 3.63) is 49.9 Å². The van der Waals surface area contributed by atoms with Crippen LogP contribution in [0.25, 0.3) is 0 Å². The Morgan fingerprint density at radius 1 is 0.974 bits per heavy atom. The van der Waals surface area contributed by atoms with Gasteiger partial charge in [-0.1, -0.05) is 60.3 Å². The molecule has 0 aliphatic carbocycles. The lowest BCUT2D eigenvalue weighted by atomic mass is 9.39. The summed E-state index contributed by atoms with van der Waals surface area (Å²) in [6.07, 6.45) is 0.401. The van der Waals surface area contributed by atoms with E-state index in [1.807, 2.05) is 13.8 Å². The Morgan fingerprint density at radius 2 is 1.61 bits per heavy atom. The van der Waals surface area contributed by atoms with Crippen molar-refractivity contribution in [2.45, 2.75) is 42.5 Å². The molecule has 2 aromatic rings. The molecule has 0 saturated carbocycles. The molecule has 6 rings (SSSR count). The van der Waals surface area contributed by atoms with Crippen molar-refractivity contribution in [3.63, 3.8) is 0 Å². The largest absolute Gasteiger partial charge is 0.494 e. The van der Waals surface area contributed by atoms with Gasteiger partial charge in [-0.25, -0.2) is 0 Å². The SMILES string of the molecule is [B]C12C(=O)N(c3cc(Cl)c(OC)c(Cl)c3)C(=O)C1([B])C1(C(=O)Nc3c(Cl)cc(Cl)cc31)N1CC(C)(C)CC12. The molecule has 4 atom stereocenters. The second kappa shape index (κ2) is 7.85. The molecule has 3 saturated heterocycles. The molecule has 4 aliphatic rings. The maximum Gasteiger partial charge on any atom is 0.249 e. The van der Waals surface area contributed by atoms with Gasteiger partial charge in [-0.15, -0.1) is 0 Å². The molecular formula is C25H19B2Cl4N3O4. The van der Waals surface area contributed by atoms with Gasteiger partial charge in [0.2, 0.25) is 17.7 Å². The monoisotopic (exact) mass is 587 g/mol. The van der Waals surface area contributed by atoms with Crippen molar-refractivity contribution in [2.75, 3.05) is 23.9 Å². The van der Waals surface area contributed by atoms with Crippen LogP contribution in [0.3, 0.4) is 0 Å². The van der Waals surface area contributed by atoms with Gasteiger partial charge in [0.1, 0.15) is 5.54 Å². The van der Waals surface area contributed by atoms with Crippen LogP contribution in [0.2, 0.25) is 30.7 Å². The number of carbonyl (C=O) groups excluding carboxylic acids is 3. The van der Waals surface area contributed by atoms with Gasteiger partial charge >= 0.3 is 0 Å². The zero-order valence-corrected chi connectivity index (χ0v) is 23.5. The fraction of sp³-hybridized carbons (Fsp3) is 0.400. The molecule has 1 N–H and O–H groups in total. The molecule has 7 nitrogen and oxygen atoms in total. The van der Waals surface area contributed by atoms with Crippen LogP contribution in [0, 0.1) is 5.41 Å². The van der Waals surface area contributed by atoms with Gasteiger partial charge in [0.05, 0.1) is 54.6 Å². The Labute approximate surface area is 241 Å². The third-order valence-electron chi connectivity index (χ3n) is 8.45. The molecule has 4 heterocycles. The van der Waals surface area contributed by atoms with E-state index in [9.17, 15) is 14.4 Å². The number of methoxy groups -OCH3 is 1. The number of ether oxygens (including phenoxy) is 1. The Bertz CT molecular complexity index is 1480. The summed E-state index contributed by atoms with van der Waals surface area (Å²) in [4.78, 5) is 45.6. The summed E-state index contributed by atoms with van der Waals surface area (Å²) >= 11 is 25.6. The molecule has 4 unspecified atom stereocenters. The summed E-state index contributed by atoms with van der Waals surface area (Å²) < 4.78 is 5.21. The average molecular weight is 589 g/mol. The smallest absolute Gasteiger partial charge is 0.249 e. The second-order valence-electron chi connectivity index (χ2n) is 11.1. The highest BCUT2D eigenvalue weighted by atomic mass is 35.5. The number of fused-ring (bicyclic) bond motifs is 7. The number of rotatable bonds is 2. The highest BCUT2D eigenvalue weighted by Crippen LogP contribution is 2.79. The van der Waals surface area contributed by atoms with Crippen molar-refractivity contribution in [2.24, 2.45) is 5.41 Å². The van der Waals surface area contributed by atoms with Gasteiger partial charge in [0.15, 0.2) is 5.75 Å². The van der Waals surface area contributed by atoms with E-state index in [2.05, 4.69) is 5.32 Å². The Balaban J connectivity index is 1.66. The van der Waals surface area contributed by atoms with Gasteiger partial charge in [-0.3, -0.25) is 24.2 Å². The molecule has 2 aromatic carbocycles. The lowest BCUT2D eigenvalue weighted by Crippen LogP contribution is -2.57. The zero-order valence-electron chi connectivity index (χ0n) is 20.5. The molecule has 1 spiro atoms. The van der Waals surface area contributed by atoms with Gasteiger partial charge in [0.25, 0.3) is 0 Å². The summed E-state index contributed by atoms with van der Waals surface area (Å²) in [5.74, 6) is -2.06. The lowest BCUT2D eigenvalue weighted by molar-refractivity contribution is -0.134. The number of imide groups is 1. The van der Waals surface area contributed by atoms with E-state index in [-0.39, 0.29) is 42.6 Å². The number of anilines is 2. The first-order valence-electron chi connectivity index (χ1n) is 11.7. The third-order valence-corrected chi connectivity index (χ3v) is 9.53. The molecule has 38 heavy (non-hydrogen) atoms. The maximum atomic E-state index is 14.5. The fourth-order valence-electron chi connectivity index (χ4n) is 7.01. The van der Waals surface area contributed by atoms with E-state index in [4.69, 9.17) is 66.8 Å². The van der Waals surface area contributed by atoms with Crippen LogP contribution < -0.4 is 15.0 Å². The molecule has 0 aromatic heterocycles. The Hall–Kier alpha value is -1.90. The summed E-state index contributed by atoms with van der Waals surface area (Å²) in [5, 5.41) is -0.875. The molecule has 4 aliphatic heterocycles. The first-order chi connectivity index (χ1) is 17.7. The van der Waals surface area contributed by atoms with E-state index >= 15 is 0 Å². The molecule has 0 bridgehead atoms. The number of hydrogen-bond acceptors (Lipinski definition) is 5. The van der Waals surface area contributed by atoms with Crippen LogP contribution in [-0.4, -0.2) is 58.0 Å². The Morgan fingerprint density at radius 3 is 2.21 bits per heavy atom. The van der Waals surface area contributed by atoms with Crippen LogP contribution >= 0.6 is 46.4 Å². The standard InChI is InChI=1S/C25H19B2Cl4N3O4/c1-22(2)8-16-23(26)20(36)34(11-6-14(30)18(38-3)15(31)7-11)21(37)25(23,27)24(33(16)9-22)12-4-10(28)5-13(29)17(12)32-19(24)35/h4-7,16H,8-9H2,1-3H3,(H,32,35). The van der Waals surface area contributed by atoms with Gasteiger partial charge in [-0.2, -0.15) is 0 Å². The fourth-order valence-corrected chi connectivity index (χ4v) is 8.18. The first kappa shape index (κ1) is 26.3. The van der Waals surface area contributed by atoms with E-state index < -0.39 is 39.9 Å². The number of nitrogens with one attached hydrogen (secondary N) is 1. The van der Waals surface area contributed by atoms with Crippen molar-refractivity contribution < 1.29 is 19.1 Å². The maximum absolute atomic E-state index is 14.5. The first-order valence-corrected chi connectivity index (χ1v) is 13.3. The molecule has 4 radical (unpaired) electrons. The predicted octanol–water partition coefficient (Wildman–Crippen LogP) is 4.80. The van der Waals surface area contributed by atoms with Crippen LogP contribution in [0.4, 0.5) is 11.4 Å². The molecule has 13 heteroatoms. The lowest BCUT2D eigenvalue weighted by Gasteiger charge is -2.45. The molecular weight excluding hydrogens is 570 g/mol. The summed E-state index contributed by atoms with van der Waals surface area (Å²) in [6.45, 7) is 4.34. The van der Waals surface area contributed by atoms with Crippen LogP contribution in [-0.2, 0) is 19.9 Å². The minimum Gasteiger partial charge on any atom is -0.494 e. The summed E-state index contributed by atoms with van der Waals surface area (Å²) in [5.41, 5.74) is -1.60. The Kier molecular flexibility index (Phi) is 5.44. The second-order valence-corrected chi connectivity index (χ2v) is 12.7. The molecule has 192 valence electrons. The van der Waals surface area contributed by atoms with E-state index in [0.717, 1.165) is 4.90 Å². The number of carbonyl (C=O) groups is 3. The third kappa shape index (κ3) is 2.77. The van der Waals surface area contributed by atoms with Crippen molar-refractivity contribution in [1.29, 1.82) is 0 Å². The number of nitrogens with zero attached hydrogens (tertiary/aromatic N) is 2. The molecule has 3 fully saturated rings. The van der Waals surface area contributed by atoms with Gasteiger partial charge in [-0.05, 0) is 36.1 Å². The number of benzene rings is 2. The van der Waals surface area contributed by atoms with Gasteiger partial charge in [0, 0.05) is 28.5 Å². The van der Waals surface area contributed by atoms with Crippen molar-refractivity contribution in [1.82, 2.24) is 4.90 Å². The zero-order chi connectivity index (χ0) is 27.7. The normalized spacial score (nSPS) is 33.1.